The number of carbonyl (C=O) groups excluding carboxylic acids is 3. The Bertz CT molecular complexity index is 1760. The van der Waals surface area contributed by atoms with E-state index in [0.29, 0.717) is 19.3 Å². The fourth-order valence-electron chi connectivity index (χ4n) is 8.92. The topological polar surface area (TPSA) is 78.9 Å². The van der Waals surface area contributed by atoms with E-state index in [9.17, 15) is 14.4 Å². The molecule has 0 aromatic heterocycles. The lowest BCUT2D eigenvalue weighted by Gasteiger charge is -2.18. The van der Waals surface area contributed by atoms with Crippen molar-refractivity contribution in [3.05, 3.63) is 146 Å². The largest absolute Gasteiger partial charge is 0.462 e. The maximum absolute atomic E-state index is 12.9. The minimum atomic E-state index is -0.787. The van der Waals surface area contributed by atoms with Crippen LogP contribution in [0.5, 0.6) is 0 Å². The fraction of sp³-hybridized carbons (Fsp3) is 0.640. The van der Waals surface area contributed by atoms with Gasteiger partial charge in [0.1, 0.15) is 13.2 Å². The number of carbonyl (C=O) groups is 3. The van der Waals surface area contributed by atoms with Gasteiger partial charge < -0.3 is 14.2 Å². The molecule has 458 valence electrons. The minimum Gasteiger partial charge on any atom is -0.462 e. The third-order valence-corrected chi connectivity index (χ3v) is 13.8. The molecule has 0 spiro atoms. The van der Waals surface area contributed by atoms with E-state index in [1.807, 2.05) is 0 Å². The maximum atomic E-state index is 12.9. The Morgan fingerprint density at radius 2 is 0.481 bits per heavy atom. The van der Waals surface area contributed by atoms with Gasteiger partial charge in [0.2, 0.25) is 0 Å². The Balaban J connectivity index is 4.16. The fourth-order valence-corrected chi connectivity index (χ4v) is 8.92. The zero-order valence-corrected chi connectivity index (χ0v) is 52.5. The van der Waals surface area contributed by atoms with Crippen LogP contribution in [0, 0.1) is 0 Å². The molecule has 6 heteroatoms. The van der Waals surface area contributed by atoms with Gasteiger partial charge in [-0.3, -0.25) is 14.4 Å². The molecule has 0 bridgehead atoms. The van der Waals surface area contributed by atoms with Crippen molar-refractivity contribution in [3.8, 4) is 0 Å². The minimum absolute atomic E-state index is 0.0846. The van der Waals surface area contributed by atoms with Crippen molar-refractivity contribution in [2.75, 3.05) is 13.2 Å². The average Bonchev–Trinajstić information content (AvgIpc) is 3.47. The Morgan fingerprint density at radius 1 is 0.259 bits per heavy atom. The second-order valence-corrected chi connectivity index (χ2v) is 21.6. The van der Waals surface area contributed by atoms with Gasteiger partial charge in [-0.2, -0.15) is 0 Å². The van der Waals surface area contributed by atoms with Crippen LogP contribution in [-0.4, -0.2) is 37.2 Å². The second-order valence-electron chi connectivity index (χ2n) is 21.6. The lowest BCUT2D eigenvalue weighted by Crippen LogP contribution is -2.30. The van der Waals surface area contributed by atoms with Gasteiger partial charge in [0.05, 0.1) is 0 Å². The first-order valence-corrected chi connectivity index (χ1v) is 33.3. The molecule has 0 fully saturated rings. The molecule has 0 heterocycles. The van der Waals surface area contributed by atoms with Gasteiger partial charge in [0, 0.05) is 19.3 Å². The van der Waals surface area contributed by atoms with Crippen LogP contribution in [0.15, 0.2) is 146 Å². The molecule has 0 saturated heterocycles. The van der Waals surface area contributed by atoms with Crippen LogP contribution in [0.3, 0.4) is 0 Å². The molecule has 0 saturated carbocycles. The van der Waals surface area contributed by atoms with Gasteiger partial charge in [0.15, 0.2) is 6.10 Å². The smallest absolute Gasteiger partial charge is 0.306 e. The summed E-state index contributed by atoms with van der Waals surface area (Å²) >= 11 is 0. The molecule has 1 atom stereocenters. The van der Waals surface area contributed by atoms with Gasteiger partial charge in [-0.1, -0.05) is 295 Å². The van der Waals surface area contributed by atoms with Crippen LogP contribution < -0.4 is 0 Å². The summed E-state index contributed by atoms with van der Waals surface area (Å²) in [4.78, 5) is 38.1. The molecule has 0 aliphatic carbocycles. The van der Waals surface area contributed by atoms with Crippen molar-refractivity contribution >= 4 is 17.9 Å². The van der Waals surface area contributed by atoms with E-state index in [0.717, 1.165) is 141 Å². The zero-order chi connectivity index (χ0) is 58.5. The van der Waals surface area contributed by atoms with E-state index in [2.05, 4.69) is 167 Å². The van der Waals surface area contributed by atoms with Gasteiger partial charge in [-0.25, -0.2) is 0 Å². The number of allylic oxidation sites excluding steroid dienone is 24. The van der Waals surface area contributed by atoms with Crippen molar-refractivity contribution in [2.24, 2.45) is 0 Å². The number of ether oxygens (including phenoxy) is 3. The maximum Gasteiger partial charge on any atom is 0.306 e. The summed E-state index contributed by atoms with van der Waals surface area (Å²) in [7, 11) is 0. The first kappa shape index (κ1) is 76.3. The lowest BCUT2D eigenvalue weighted by molar-refractivity contribution is -0.167. The quantitative estimate of drug-likeness (QED) is 0.0261. The summed E-state index contributed by atoms with van der Waals surface area (Å²) in [6, 6.07) is 0. The van der Waals surface area contributed by atoms with E-state index in [-0.39, 0.29) is 31.1 Å². The van der Waals surface area contributed by atoms with Crippen molar-refractivity contribution in [2.45, 2.75) is 297 Å². The van der Waals surface area contributed by atoms with Crippen LogP contribution in [0.4, 0.5) is 0 Å². The normalized spacial score (nSPS) is 13.1. The number of hydrogen-bond acceptors (Lipinski definition) is 6. The number of unbranched alkanes of at least 4 members (excludes halogenated alkanes) is 24. The highest BCUT2D eigenvalue weighted by atomic mass is 16.6. The van der Waals surface area contributed by atoms with Gasteiger partial charge in [-0.15, -0.1) is 0 Å². The van der Waals surface area contributed by atoms with E-state index >= 15 is 0 Å². The van der Waals surface area contributed by atoms with Crippen molar-refractivity contribution in [1.82, 2.24) is 0 Å². The Kier molecular flexibility index (Phi) is 63.9. The average molecular weight is 1120 g/mol. The molecule has 81 heavy (non-hydrogen) atoms. The van der Waals surface area contributed by atoms with E-state index in [4.69, 9.17) is 14.2 Å². The van der Waals surface area contributed by atoms with E-state index in [1.165, 1.54) is 109 Å². The van der Waals surface area contributed by atoms with Gasteiger partial charge >= 0.3 is 17.9 Å². The molecule has 0 aromatic rings. The predicted molar refractivity (Wildman–Crippen MR) is 352 cm³/mol. The van der Waals surface area contributed by atoms with Crippen molar-refractivity contribution < 1.29 is 28.6 Å². The highest BCUT2D eigenvalue weighted by Crippen LogP contribution is 2.16. The zero-order valence-electron chi connectivity index (χ0n) is 52.5. The molecule has 1 unspecified atom stereocenters. The summed E-state index contributed by atoms with van der Waals surface area (Å²) in [6.07, 6.45) is 97.4. The monoisotopic (exact) mass is 1120 g/mol. The third kappa shape index (κ3) is 66.0. The Labute approximate surface area is 499 Å². The standard InChI is InChI=1S/C75H122O6/c1-4-7-10-13-16-18-20-22-24-26-28-30-32-33-34-35-36-37-38-39-40-41-43-44-46-48-50-52-54-56-59-62-65-68-74(77)80-71-72(70-79-73(76)67-64-61-58-15-12-9-6-3)81-75(78)69-66-63-60-57-55-53-51-49-47-45-42-31-29-27-25-23-21-19-17-14-11-8-5-2/h7-8,10-11,16-19,22-25,28-31,33-34,36-37,39-40,43-44,72H,4-6,9,12-15,20-21,26-27,32,35,38,41-42,45-71H2,1-3H3/b10-7-,11-8-,18-16-,19-17-,24-22-,25-23-,30-28-,31-29-,34-33-,37-36-,40-39-,44-43-. The van der Waals surface area contributed by atoms with Crippen molar-refractivity contribution in [3.63, 3.8) is 0 Å². The molecular weight excluding hydrogens is 997 g/mol. The van der Waals surface area contributed by atoms with E-state index < -0.39 is 6.10 Å². The van der Waals surface area contributed by atoms with E-state index in [1.54, 1.807) is 0 Å². The SMILES string of the molecule is CC/C=C\C/C=C\C/C=C\C/C=C\C/C=C\C/C=C\C/C=C\C/C=C\CCCCCCCCCCC(=O)OCC(COC(=O)CCCCCCCCC)OC(=O)CCCCCCCCCCCC/C=C\C/C=C\C/C=C\C/C=C\CC. The molecule has 0 amide bonds. The van der Waals surface area contributed by atoms with Gasteiger partial charge in [-0.05, 0) is 122 Å². The highest BCUT2D eigenvalue weighted by Gasteiger charge is 2.19. The molecule has 0 radical (unpaired) electrons. The van der Waals surface area contributed by atoms with Crippen molar-refractivity contribution in [1.29, 1.82) is 0 Å². The summed E-state index contributed by atoms with van der Waals surface area (Å²) in [6.45, 7) is 6.37. The number of esters is 3. The number of rotatable bonds is 59. The lowest BCUT2D eigenvalue weighted by atomic mass is 10.0. The molecule has 0 rings (SSSR count). The second kappa shape index (κ2) is 67.8. The molecule has 0 aliphatic heterocycles. The molecule has 0 aliphatic rings. The highest BCUT2D eigenvalue weighted by molar-refractivity contribution is 5.71. The first-order valence-electron chi connectivity index (χ1n) is 33.3. The Morgan fingerprint density at radius 3 is 0.753 bits per heavy atom. The molecule has 6 nitrogen and oxygen atoms in total. The third-order valence-electron chi connectivity index (χ3n) is 13.8. The Hall–Kier alpha value is -4.71. The van der Waals surface area contributed by atoms with Crippen LogP contribution in [-0.2, 0) is 28.6 Å². The molecular formula is C75H122O6. The predicted octanol–water partition coefficient (Wildman–Crippen LogP) is 23.1. The summed E-state index contributed by atoms with van der Waals surface area (Å²) in [5.74, 6) is -0.903. The van der Waals surface area contributed by atoms with Gasteiger partial charge in [0.25, 0.3) is 0 Å². The summed E-state index contributed by atoms with van der Waals surface area (Å²) < 4.78 is 16.8. The summed E-state index contributed by atoms with van der Waals surface area (Å²) in [5, 5.41) is 0. The first-order chi connectivity index (χ1) is 40.0. The van der Waals surface area contributed by atoms with Crippen LogP contribution in [0.1, 0.15) is 290 Å². The molecule has 0 N–H and O–H groups in total. The van der Waals surface area contributed by atoms with Crippen LogP contribution in [0.2, 0.25) is 0 Å². The summed E-state index contributed by atoms with van der Waals surface area (Å²) in [5.41, 5.74) is 0. The van der Waals surface area contributed by atoms with Crippen LogP contribution in [0.25, 0.3) is 0 Å². The number of hydrogen-bond donors (Lipinski definition) is 0. The van der Waals surface area contributed by atoms with Crippen LogP contribution >= 0.6 is 0 Å². The molecule has 0 aromatic carbocycles.